The maximum absolute atomic E-state index is 5.53. The van der Waals surface area contributed by atoms with Crippen LogP contribution in [0.3, 0.4) is 0 Å². The lowest BCUT2D eigenvalue weighted by atomic mass is 10.4. The highest BCUT2D eigenvalue weighted by Gasteiger charge is 2.15. The highest BCUT2D eigenvalue weighted by molar-refractivity contribution is 9.10. The van der Waals surface area contributed by atoms with Crippen molar-refractivity contribution in [1.82, 2.24) is 9.97 Å². The van der Waals surface area contributed by atoms with Gasteiger partial charge in [0, 0.05) is 19.3 Å². The number of halogens is 1. The number of ether oxygens (including phenoxy) is 1. The number of nitrogen functional groups attached to an aromatic ring is 1. The van der Waals surface area contributed by atoms with Gasteiger partial charge in [0.2, 0.25) is 5.95 Å². The van der Waals surface area contributed by atoms with Gasteiger partial charge < -0.3 is 15.4 Å². The summed E-state index contributed by atoms with van der Waals surface area (Å²) in [7, 11) is 0. The standard InChI is InChI=1S/C8H11BrN4O/c9-6-5-11-8(10)12-7(6)13-1-3-14-4-2-13/h5H,1-4H2,(H2,10,11,12). The molecule has 2 N–H and O–H groups in total. The van der Waals surface area contributed by atoms with Gasteiger partial charge in [-0.25, -0.2) is 4.98 Å². The lowest BCUT2D eigenvalue weighted by Gasteiger charge is -2.28. The lowest BCUT2D eigenvalue weighted by Crippen LogP contribution is -2.37. The summed E-state index contributed by atoms with van der Waals surface area (Å²) in [6, 6.07) is 0. The molecule has 1 aromatic heterocycles. The Labute approximate surface area is 90.4 Å². The zero-order valence-corrected chi connectivity index (χ0v) is 9.20. The second-order valence-corrected chi connectivity index (χ2v) is 3.85. The Balaban J connectivity index is 2.24. The molecule has 1 aliphatic rings. The van der Waals surface area contributed by atoms with Crippen LogP contribution in [0.5, 0.6) is 0 Å². The summed E-state index contributed by atoms with van der Waals surface area (Å²) in [5, 5.41) is 0. The van der Waals surface area contributed by atoms with Gasteiger partial charge in [0.1, 0.15) is 5.82 Å². The zero-order chi connectivity index (χ0) is 9.97. The second-order valence-electron chi connectivity index (χ2n) is 3.00. The van der Waals surface area contributed by atoms with E-state index in [1.54, 1.807) is 6.20 Å². The van der Waals surface area contributed by atoms with Crippen molar-refractivity contribution in [3.63, 3.8) is 0 Å². The summed E-state index contributed by atoms with van der Waals surface area (Å²) in [4.78, 5) is 10.2. The number of nitrogens with two attached hydrogens (primary N) is 1. The van der Waals surface area contributed by atoms with Crippen molar-refractivity contribution in [2.24, 2.45) is 0 Å². The van der Waals surface area contributed by atoms with Crippen LogP contribution in [0.2, 0.25) is 0 Å². The first-order chi connectivity index (χ1) is 6.77. The molecule has 0 amide bonds. The quantitative estimate of drug-likeness (QED) is 0.802. The van der Waals surface area contributed by atoms with Crippen molar-refractivity contribution < 1.29 is 4.74 Å². The summed E-state index contributed by atoms with van der Waals surface area (Å²) in [5.41, 5.74) is 5.53. The first kappa shape index (κ1) is 9.67. The largest absolute Gasteiger partial charge is 0.378 e. The van der Waals surface area contributed by atoms with Crippen LogP contribution >= 0.6 is 15.9 Å². The van der Waals surface area contributed by atoms with E-state index >= 15 is 0 Å². The van der Waals surface area contributed by atoms with Crippen molar-refractivity contribution in [2.75, 3.05) is 36.9 Å². The van der Waals surface area contributed by atoms with E-state index in [1.807, 2.05) is 0 Å². The van der Waals surface area contributed by atoms with Crippen molar-refractivity contribution >= 4 is 27.7 Å². The highest BCUT2D eigenvalue weighted by Crippen LogP contribution is 2.23. The smallest absolute Gasteiger partial charge is 0.222 e. The second kappa shape index (κ2) is 4.10. The summed E-state index contributed by atoms with van der Waals surface area (Å²) >= 11 is 3.40. The molecule has 6 heteroatoms. The molecule has 0 unspecified atom stereocenters. The fraction of sp³-hybridized carbons (Fsp3) is 0.500. The van der Waals surface area contributed by atoms with Gasteiger partial charge in [-0.05, 0) is 15.9 Å². The van der Waals surface area contributed by atoms with Gasteiger partial charge in [-0.3, -0.25) is 0 Å². The fourth-order valence-electron chi connectivity index (χ4n) is 1.37. The molecule has 14 heavy (non-hydrogen) atoms. The Kier molecular flexibility index (Phi) is 2.83. The molecule has 0 aliphatic carbocycles. The molecule has 1 saturated heterocycles. The Bertz CT molecular complexity index is 327. The molecule has 0 radical (unpaired) electrons. The molecule has 0 saturated carbocycles. The number of rotatable bonds is 1. The van der Waals surface area contributed by atoms with E-state index < -0.39 is 0 Å². The fourth-order valence-corrected chi connectivity index (χ4v) is 1.81. The van der Waals surface area contributed by atoms with Crippen molar-refractivity contribution in [2.45, 2.75) is 0 Å². The topological polar surface area (TPSA) is 64.3 Å². The summed E-state index contributed by atoms with van der Waals surface area (Å²) < 4.78 is 6.13. The van der Waals surface area contributed by atoms with Gasteiger partial charge in [0.05, 0.1) is 17.7 Å². The average Bonchev–Trinajstić information content (AvgIpc) is 2.23. The molecule has 0 aromatic carbocycles. The molecule has 2 heterocycles. The number of morpholine rings is 1. The van der Waals surface area contributed by atoms with Crippen LogP contribution in [-0.2, 0) is 4.74 Å². The van der Waals surface area contributed by atoms with Crippen LogP contribution in [0.15, 0.2) is 10.7 Å². The van der Waals surface area contributed by atoms with E-state index in [-0.39, 0.29) is 0 Å². The maximum atomic E-state index is 5.53. The van der Waals surface area contributed by atoms with Gasteiger partial charge in [-0.1, -0.05) is 0 Å². The third kappa shape index (κ3) is 1.96. The molecular formula is C8H11BrN4O. The molecule has 5 nitrogen and oxygen atoms in total. The van der Waals surface area contributed by atoms with Crippen LogP contribution in [0.25, 0.3) is 0 Å². The maximum Gasteiger partial charge on any atom is 0.222 e. The van der Waals surface area contributed by atoms with Crippen LogP contribution in [0.4, 0.5) is 11.8 Å². The van der Waals surface area contributed by atoms with Crippen molar-refractivity contribution in [3.8, 4) is 0 Å². The molecule has 1 aliphatic heterocycles. The van der Waals surface area contributed by atoms with Crippen LogP contribution in [0.1, 0.15) is 0 Å². The number of nitrogens with zero attached hydrogens (tertiary/aromatic N) is 3. The van der Waals surface area contributed by atoms with Crippen molar-refractivity contribution in [1.29, 1.82) is 0 Å². The first-order valence-electron chi connectivity index (χ1n) is 4.38. The molecule has 1 aromatic rings. The minimum absolute atomic E-state index is 0.301. The number of anilines is 2. The number of aromatic nitrogens is 2. The van der Waals surface area contributed by atoms with E-state index in [4.69, 9.17) is 10.5 Å². The molecular weight excluding hydrogens is 248 g/mol. The van der Waals surface area contributed by atoms with E-state index in [9.17, 15) is 0 Å². The molecule has 76 valence electrons. The van der Waals surface area contributed by atoms with E-state index in [0.29, 0.717) is 5.95 Å². The van der Waals surface area contributed by atoms with E-state index in [0.717, 1.165) is 36.6 Å². The molecule has 1 fully saturated rings. The van der Waals surface area contributed by atoms with Crippen molar-refractivity contribution in [3.05, 3.63) is 10.7 Å². The van der Waals surface area contributed by atoms with Gasteiger partial charge in [0.25, 0.3) is 0 Å². The molecule has 0 bridgehead atoms. The predicted molar refractivity (Wildman–Crippen MR) is 57.2 cm³/mol. The molecule has 0 spiro atoms. The lowest BCUT2D eigenvalue weighted by molar-refractivity contribution is 0.122. The van der Waals surface area contributed by atoms with E-state index in [2.05, 4.69) is 30.8 Å². The van der Waals surface area contributed by atoms with Crippen LogP contribution in [-0.4, -0.2) is 36.3 Å². The van der Waals surface area contributed by atoms with Crippen LogP contribution < -0.4 is 10.6 Å². The number of hydrogen-bond donors (Lipinski definition) is 1. The third-order valence-electron chi connectivity index (χ3n) is 2.05. The first-order valence-corrected chi connectivity index (χ1v) is 5.17. The average molecular weight is 259 g/mol. The highest BCUT2D eigenvalue weighted by atomic mass is 79.9. The minimum Gasteiger partial charge on any atom is -0.378 e. The monoisotopic (exact) mass is 258 g/mol. The summed E-state index contributed by atoms with van der Waals surface area (Å²) in [6.45, 7) is 3.15. The van der Waals surface area contributed by atoms with Crippen LogP contribution in [0, 0.1) is 0 Å². The Morgan fingerprint density at radius 3 is 2.86 bits per heavy atom. The van der Waals surface area contributed by atoms with Gasteiger partial charge >= 0.3 is 0 Å². The minimum atomic E-state index is 0.301. The normalized spacial score (nSPS) is 17.1. The molecule has 2 rings (SSSR count). The van der Waals surface area contributed by atoms with Gasteiger partial charge in [-0.2, -0.15) is 4.98 Å². The predicted octanol–water partition coefficient (Wildman–Crippen LogP) is 0.658. The Hall–Kier alpha value is -0.880. The Morgan fingerprint density at radius 1 is 1.43 bits per heavy atom. The Morgan fingerprint density at radius 2 is 2.14 bits per heavy atom. The van der Waals surface area contributed by atoms with E-state index in [1.165, 1.54) is 0 Å². The SMILES string of the molecule is Nc1ncc(Br)c(N2CCOCC2)n1. The number of hydrogen-bond acceptors (Lipinski definition) is 5. The zero-order valence-electron chi connectivity index (χ0n) is 7.61. The third-order valence-corrected chi connectivity index (χ3v) is 2.61. The summed E-state index contributed by atoms with van der Waals surface area (Å²) in [6.07, 6.45) is 1.67. The van der Waals surface area contributed by atoms with Gasteiger partial charge in [0.15, 0.2) is 0 Å². The molecule has 0 atom stereocenters. The van der Waals surface area contributed by atoms with Gasteiger partial charge in [-0.15, -0.1) is 0 Å². The summed E-state index contributed by atoms with van der Waals surface area (Å²) in [5.74, 6) is 1.15.